The molecule has 1 aliphatic rings. The normalized spacial score (nSPS) is 19.4. The number of hydrogen-bond donors (Lipinski definition) is 0. The molecule has 0 spiro atoms. The molecule has 0 atom stereocenters. The molecule has 76 valence electrons. The summed E-state index contributed by atoms with van der Waals surface area (Å²) in [6.07, 6.45) is -4.66. The molecule has 14 heavy (non-hydrogen) atoms. The van der Waals surface area contributed by atoms with Gasteiger partial charge < -0.3 is 0 Å². The first-order valence-corrected chi connectivity index (χ1v) is 3.65. The highest BCUT2D eigenvalue weighted by Gasteiger charge is 2.71. The van der Waals surface area contributed by atoms with E-state index in [1.807, 2.05) is 0 Å². The van der Waals surface area contributed by atoms with E-state index in [0.29, 0.717) is 0 Å². The summed E-state index contributed by atoms with van der Waals surface area (Å²) in [5.74, 6) is -3.31. The maximum Gasteiger partial charge on any atom is 0.453 e. The summed E-state index contributed by atoms with van der Waals surface area (Å²) in [5, 5.41) is 0. The summed E-state index contributed by atoms with van der Waals surface area (Å²) in [5.41, 5.74) is -0.272. The van der Waals surface area contributed by atoms with Crippen LogP contribution in [0, 0.1) is 5.82 Å². The average Bonchev–Trinajstić information content (AvgIpc) is 2.84. The quantitative estimate of drug-likeness (QED) is 0.402. The van der Waals surface area contributed by atoms with E-state index in [0.717, 1.165) is 24.3 Å². The molecule has 0 saturated carbocycles. The van der Waals surface area contributed by atoms with Gasteiger partial charge in [0.25, 0.3) is 0 Å². The van der Waals surface area contributed by atoms with E-state index in [9.17, 15) is 17.6 Å². The molecule has 0 N–H and O–H groups in total. The van der Waals surface area contributed by atoms with Crippen LogP contribution in [0.15, 0.2) is 24.3 Å². The van der Waals surface area contributed by atoms with E-state index < -0.39 is 17.8 Å². The molecule has 1 aromatic carbocycles. The molecule has 0 bridgehead atoms. The van der Waals surface area contributed by atoms with E-state index in [2.05, 4.69) is 9.78 Å². The lowest BCUT2D eigenvalue weighted by atomic mass is 10.1. The van der Waals surface area contributed by atoms with Gasteiger partial charge in [0.2, 0.25) is 0 Å². The summed E-state index contributed by atoms with van der Waals surface area (Å²) in [6, 6.07) is 3.76. The predicted octanol–water partition coefficient (Wildman–Crippen LogP) is 2.50. The topological polar surface area (TPSA) is 25.1 Å². The summed E-state index contributed by atoms with van der Waals surface area (Å²) >= 11 is 0. The molecule has 1 heterocycles. The van der Waals surface area contributed by atoms with Crippen molar-refractivity contribution in [1.82, 2.24) is 0 Å². The van der Waals surface area contributed by atoms with Crippen LogP contribution in [0.5, 0.6) is 0 Å². The Hall–Kier alpha value is -1.14. The van der Waals surface area contributed by atoms with Crippen LogP contribution in [-0.2, 0) is 15.6 Å². The summed E-state index contributed by atoms with van der Waals surface area (Å²) in [6.45, 7) is 0. The van der Waals surface area contributed by atoms with Gasteiger partial charge in [-0.05, 0) is 12.1 Å². The minimum Gasteiger partial charge on any atom is -0.207 e. The smallest absolute Gasteiger partial charge is 0.207 e. The van der Waals surface area contributed by atoms with Crippen molar-refractivity contribution in [2.75, 3.05) is 0 Å². The van der Waals surface area contributed by atoms with Crippen molar-refractivity contribution in [3.05, 3.63) is 35.6 Å². The Kier molecular flexibility index (Phi) is 1.80. The van der Waals surface area contributed by atoms with Crippen molar-refractivity contribution in [3.8, 4) is 0 Å². The number of halogens is 4. The Morgan fingerprint density at radius 2 is 1.50 bits per heavy atom. The second-order valence-electron chi connectivity index (χ2n) is 2.79. The zero-order chi connectivity index (χ0) is 10.4. The van der Waals surface area contributed by atoms with Gasteiger partial charge in [0.15, 0.2) is 0 Å². The Balaban J connectivity index is 2.36. The Morgan fingerprint density at radius 3 is 1.86 bits per heavy atom. The molecule has 0 aliphatic carbocycles. The first-order chi connectivity index (χ1) is 6.46. The molecule has 0 radical (unpaired) electrons. The number of alkyl halides is 3. The Bertz CT molecular complexity index is 339. The van der Waals surface area contributed by atoms with Crippen molar-refractivity contribution < 1.29 is 27.3 Å². The zero-order valence-corrected chi connectivity index (χ0v) is 6.64. The van der Waals surface area contributed by atoms with Gasteiger partial charge in [0.1, 0.15) is 5.82 Å². The summed E-state index contributed by atoms with van der Waals surface area (Å²) in [7, 11) is 0. The van der Waals surface area contributed by atoms with Crippen molar-refractivity contribution >= 4 is 0 Å². The monoisotopic (exact) mass is 208 g/mol. The van der Waals surface area contributed by atoms with Crippen molar-refractivity contribution in [3.63, 3.8) is 0 Å². The molecule has 0 unspecified atom stereocenters. The van der Waals surface area contributed by atoms with Crippen LogP contribution >= 0.6 is 0 Å². The molecule has 1 saturated heterocycles. The molecule has 2 rings (SSSR count). The first kappa shape index (κ1) is 9.42. The molecular formula is C8H4F4O2. The number of benzene rings is 1. The van der Waals surface area contributed by atoms with Gasteiger partial charge in [-0.15, -0.1) is 0 Å². The molecule has 1 aliphatic heterocycles. The minimum atomic E-state index is -4.66. The van der Waals surface area contributed by atoms with Crippen LogP contribution in [-0.4, -0.2) is 6.18 Å². The number of rotatable bonds is 1. The maximum absolute atomic E-state index is 12.4. The standard InChI is InChI=1S/C8H4F4O2/c9-6-3-1-5(2-4-6)7(13-14-7)8(10,11)12/h1-4H. The van der Waals surface area contributed by atoms with Crippen molar-refractivity contribution in [1.29, 1.82) is 0 Å². The third-order valence-corrected chi connectivity index (χ3v) is 1.85. The summed E-state index contributed by atoms with van der Waals surface area (Å²) in [4.78, 5) is 7.88. The van der Waals surface area contributed by atoms with Gasteiger partial charge in [-0.3, -0.25) is 0 Å². The third kappa shape index (κ3) is 1.27. The van der Waals surface area contributed by atoms with Gasteiger partial charge in [0, 0.05) is 5.56 Å². The van der Waals surface area contributed by atoms with Gasteiger partial charge in [-0.25, -0.2) is 4.39 Å². The van der Waals surface area contributed by atoms with E-state index in [4.69, 9.17) is 0 Å². The predicted molar refractivity (Wildman–Crippen MR) is 36.3 cm³/mol. The van der Waals surface area contributed by atoms with Gasteiger partial charge >= 0.3 is 12.0 Å². The van der Waals surface area contributed by atoms with Crippen LogP contribution in [0.3, 0.4) is 0 Å². The molecule has 1 fully saturated rings. The molecular weight excluding hydrogens is 204 g/mol. The highest BCUT2D eigenvalue weighted by Crippen LogP contribution is 2.53. The fourth-order valence-electron chi connectivity index (χ4n) is 1.07. The van der Waals surface area contributed by atoms with Crippen LogP contribution in [0.25, 0.3) is 0 Å². The van der Waals surface area contributed by atoms with E-state index in [1.165, 1.54) is 0 Å². The van der Waals surface area contributed by atoms with Crippen LogP contribution in [0.4, 0.5) is 17.6 Å². The molecule has 6 heteroatoms. The van der Waals surface area contributed by atoms with Gasteiger partial charge in [-0.2, -0.15) is 22.9 Å². The zero-order valence-electron chi connectivity index (χ0n) is 6.64. The highest BCUT2D eigenvalue weighted by atomic mass is 19.4. The lowest BCUT2D eigenvalue weighted by Crippen LogP contribution is -2.29. The lowest BCUT2D eigenvalue weighted by Gasteiger charge is -2.10. The van der Waals surface area contributed by atoms with Crippen molar-refractivity contribution in [2.24, 2.45) is 0 Å². The average molecular weight is 208 g/mol. The Morgan fingerprint density at radius 1 is 1.00 bits per heavy atom. The Labute approximate surface area is 76.0 Å². The molecule has 0 aromatic heterocycles. The van der Waals surface area contributed by atoms with Crippen LogP contribution in [0.2, 0.25) is 0 Å². The van der Waals surface area contributed by atoms with E-state index in [1.54, 1.807) is 0 Å². The fraction of sp³-hybridized carbons (Fsp3) is 0.250. The maximum atomic E-state index is 12.4. The van der Waals surface area contributed by atoms with Crippen molar-refractivity contribution in [2.45, 2.75) is 12.0 Å². The third-order valence-electron chi connectivity index (χ3n) is 1.85. The largest absolute Gasteiger partial charge is 0.453 e. The SMILES string of the molecule is Fc1ccc(C2(C(F)(F)F)OO2)cc1. The van der Waals surface area contributed by atoms with Gasteiger partial charge in [-0.1, -0.05) is 12.1 Å². The minimum absolute atomic E-state index is 0.272. The van der Waals surface area contributed by atoms with Crippen LogP contribution in [0.1, 0.15) is 5.56 Å². The lowest BCUT2D eigenvalue weighted by molar-refractivity contribution is -0.195. The fourth-order valence-corrected chi connectivity index (χ4v) is 1.07. The van der Waals surface area contributed by atoms with E-state index in [-0.39, 0.29) is 5.56 Å². The first-order valence-electron chi connectivity index (χ1n) is 3.65. The van der Waals surface area contributed by atoms with E-state index >= 15 is 0 Å². The second kappa shape index (κ2) is 2.68. The molecule has 2 nitrogen and oxygen atoms in total. The van der Waals surface area contributed by atoms with Crippen LogP contribution < -0.4 is 0 Å². The molecule has 1 aromatic rings. The van der Waals surface area contributed by atoms with Gasteiger partial charge in [0.05, 0.1) is 0 Å². The summed E-state index contributed by atoms with van der Waals surface area (Å²) < 4.78 is 49.4. The molecule has 0 amide bonds. The second-order valence-corrected chi connectivity index (χ2v) is 2.79. The highest BCUT2D eigenvalue weighted by molar-refractivity contribution is 5.24. The number of hydrogen-bond acceptors (Lipinski definition) is 2.